The predicted octanol–water partition coefficient (Wildman–Crippen LogP) is 3.31. The van der Waals surface area contributed by atoms with Crippen LogP contribution in [0.3, 0.4) is 0 Å². The van der Waals surface area contributed by atoms with Gasteiger partial charge >= 0.3 is 5.97 Å². The number of carbonyl (C=O) groups excluding carboxylic acids is 2. The summed E-state index contributed by atoms with van der Waals surface area (Å²) in [5.41, 5.74) is 1.14. The van der Waals surface area contributed by atoms with Crippen LogP contribution >= 0.6 is 0 Å². The van der Waals surface area contributed by atoms with Gasteiger partial charge in [0.25, 0.3) is 0 Å². The fourth-order valence-electron chi connectivity index (χ4n) is 2.85. The molecule has 0 aromatic rings. The van der Waals surface area contributed by atoms with Gasteiger partial charge < -0.3 is 14.8 Å². The molecule has 5 nitrogen and oxygen atoms in total. The lowest BCUT2D eigenvalue weighted by molar-refractivity contribution is -0.143. The van der Waals surface area contributed by atoms with Crippen LogP contribution in [0.5, 0.6) is 0 Å². The molecule has 25 heavy (non-hydrogen) atoms. The minimum Gasteiger partial charge on any atom is -0.459 e. The number of rotatable bonds is 7. The molecule has 0 aliphatic carbocycles. The molecule has 1 saturated heterocycles. The van der Waals surface area contributed by atoms with Gasteiger partial charge in [-0.3, -0.25) is 9.59 Å². The molecule has 140 valence electrons. The number of hydrogen-bond acceptors (Lipinski definition) is 4. The Morgan fingerprint density at radius 2 is 2.04 bits per heavy atom. The third-order valence-corrected chi connectivity index (χ3v) is 4.41. The summed E-state index contributed by atoms with van der Waals surface area (Å²) in [6, 6.07) is -0.0306. The van der Waals surface area contributed by atoms with Gasteiger partial charge in [-0.1, -0.05) is 31.2 Å². The Kier molecular flexibility index (Phi) is 8.62. The van der Waals surface area contributed by atoms with Gasteiger partial charge in [-0.25, -0.2) is 0 Å². The van der Waals surface area contributed by atoms with E-state index in [-0.39, 0.29) is 30.1 Å². The average Bonchev–Trinajstić information content (AvgIpc) is 2.53. The fourth-order valence-corrected chi connectivity index (χ4v) is 2.85. The molecule has 1 N–H and O–H groups in total. The lowest BCUT2D eigenvalue weighted by atomic mass is 9.88. The van der Waals surface area contributed by atoms with Crippen LogP contribution in [0.4, 0.5) is 0 Å². The maximum atomic E-state index is 12.1. The Labute approximate surface area is 151 Å². The van der Waals surface area contributed by atoms with E-state index in [9.17, 15) is 9.59 Å². The van der Waals surface area contributed by atoms with Crippen LogP contribution in [0.2, 0.25) is 0 Å². The van der Waals surface area contributed by atoms with Crippen molar-refractivity contribution in [3.8, 4) is 0 Å². The molecule has 1 aliphatic rings. The molecular formula is C20H31NO4. The maximum absolute atomic E-state index is 12.1. The summed E-state index contributed by atoms with van der Waals surface area (Å²) in [5.74, 6) is -0.223. The van der Waals surface area contributed by atoms with E-state index < -0.39 is 6.10 Å². The molecule has 5 atom stereocenters. The number of esters is 1. The second-order valence-corrected chi connectivity index (χ2v) is 6.77. The highest BCUT2D eigenvalue weighted by molar-refractivity contribution is 5.87. The summed E-state index contributed by atoms with van der Waals surface area (Å²) in [6.07, 6.45) is 8.34. The molecule has 0 radical (unpaired) electrons. The third-order valence-electron chi connectivity index (χ3n) is 4.41. The molecule has 1 unspecified atom stereocenters. The molecule has 1 rings (SSSR count). The molecule has 0 spiro atoms. The van der Waals surface area contributed by atoms with Crippen LogP contribution in [0, 0.1) is 5.92 Å². The van der Waals surface area contributed by atoms with E-state index in [2.05, 4.69) is 24.9 Å². The van der Waals surface area contributed by atoms with Crippen LogP contribution in [-0.4, -0.2) is 36.2 Å². The minimum atomic E-state index is -0.425. The largest absolute Gasteiger partial charge is 0.459 e. The van der Waals surface area contributed by atoms with Crippen molar-refractivity contribution in [2.45, 2.75) is 71.8 Å². The lowest BCUT2D eigenvalue weighted by Crippen LogP contribution is -2.50. The standard InChI is InChI=1S/C20H31NO4/c1-7-13(2)8-10-19-14(3)12-18(16(5)25-19)21-20(23)11-9-15(4)24-17(6)22/h7-9,11,14-16,18-19H,1,10,12H2,2-6H3,(H,21,23)/t14-,15?,16+,18+,19-/m0/s1. The lowest BCUT2D eigenvalue weighted by Gasteiger charge is -2.39. The first-order chi connectivity index (χ1) is 11.7. The minimum absolute atomic E-state index is 0.0306. The zero-order valence-electron chi connectivity index (χ0n) is 16.0. The number of allylic oxidation sites excluding steroid dienone is 2. The van der Waals surface area contributed by atoms with Crippen molar-refractivity contribution in [1.82, 2.24) is 5.32 Å². The predicted molar refractivity (Wildman–Crippen MR) is 99.0 cm³/mol. The highest BCUT2D eigenvalue weighted by atomic mass is 16.5. The number of hydrogen-bond donors (Lipinski definition) is 1. The van der Waals surface area contributed by atoms with E-state index in [0.717, 1.165) is 18.4 Å². The number of nitrogens with one attached hydrogen (secondary N) is 1. The van der Waals surface area contributed by atoms with Gasteiger partial charge in [0.2, 0.25) is 5.91 Å². The van der Waals surface area contributed by atoms with Gasteiger partial charge in [-0.15, -0.1) is 0 Å². The van der Waals surface area contributed by atoms with Gasteiger partial charge in [-0.05, 0) is 45.6 Å². The van der Waals surface area contributed by atoms with Crippen LogP contribution < -0.4 is 5.32 Å². The fraction of sp³-hybridized carbons (Fsp3) is 0.600. The summed E-state index contributed by atoms with van der Waals surface area (Å²) in [4.78, 5) is 22.9. The molecule has 0 bridgehead atoms. The van der Waals surface area contributed by atoms with E-state index in [1.54, 1.807) is 13.0 Å². The Morgan fingerprint density at radius 1 is 1.36 bits per heavy atom. The van der Waals surface area contributed by atoms with E-state index in [0.29, 0.717) is 5.92 Å². The first kappa shape index (κ1) is 21.2. The Morgan fingerprint density at radius 3 is 2.64 bits per heavy atom. The maximum Gasteiger partial charge on any atom is 0.303 e. The van der Waals surface area contributed by atoms with Gasteiger partial charge in [-0.2, -0.15) is 0 Å². The monoisotopic (exact) mass is 349 g/mol. The average molecular weight is 349 g/mol. The topological polar surface area (TPSA) is 64.6 Å². The van der Waals surface area contributed by atoms with Crippen molar-refractivity contribution in [2.75, 3.05) is 0 Å². The molecule has 1 fully saturated rings. The molecular weight excluding hydrogens is 318 g/mol. The van der Waals surface area contributed by atoms with Crippen LogP contribution in [0.1, 0.15) is 47.5 Å². The van der Waals surface area contributed by atoms with Crippen molar-refractivity contribution < 1.29 is 19.1 Å². The Balaban J connectivity index is 2.53. The van der Waals surface area contributed by atoms with E-state index in [1.807, 2.05) is 19.9 Å². The zero-order chi connectivity index (χ0) is 19.0. The summed E-state index contributed by atoms with van der Waals surface area (Å²) in [6.45, 7) is 13.0. The number of ether oxygens (including phenoxy) is 2. The van der Waals surface area contributed by atoms with Crippen molar-refractivity contribution in [3.05, 3.63) is 36.5 Å². The molecule has 5 heteroatoms. The molecule has 0 aromatic carbocycles. The highest BCUT2D eigenvalue weighted by Gasteiger charge is 2.33. The van der Waals surface area contributed by atoms with Crippen molar-refractivity contribution in [3.63, 3.8) is 0 Å². The van der Waals surface area contributed by atoms with Crippen LogP contribution in [-0.2, 0) is 19.1 Å². The molecule has 1 aliphatic heterocycles. The molecule has 1 heterocycles. The van der Waals surface area contributed by atoms with Gasteiger partial charge in [0.15, 0.2) is 0 Å². The molecule has 1 amide bonds. The van der Waals surface area contributed by atoms with Crippen molar-refractivity contribution in [1.29, 1.82) is 0 Å². The summed E-state index contributed by atoms with van der Waals surface area (Å²) in [7, 11) is 0. The normalized spacial score (nSPS) is 28.4. The van der Waals surface area contributed by atoms with E-state index >= 15 is 0 Å². The van der Waals surface area contributed by atoms with Crippen LogP contribution in [0.25, 0.3) is 0 Å². The summed E-state index contributed by atoms with van der Waals surface area (Å²) in [5, 5.41) is 2.98. The van der Waals surface area contributed by atoms with E-state index in [1.165, 1.54) is 13.0 Å². The van der Waals surface area contributed by atoms with Crippen LogP contribution in [0.15, 0.2) is 36.5 Å². The van der Waals surface area contributed by atoms with Crippen molar-refractivity contribution in [2.24, 2.45) is 5.92 Å². The first-order valence-electron chi connectivity index (χ1n) is 8.83. The van der Waals surface area contributed by atoms with E-state index in [4.69, 9.17) is 9.47 Å². The second kappa shape index (κ2) is 10.2. The number of carbonyl (C=O) groups is 2. The SMILES string of the molecule is C=CC(C)=CC[C@@H]1O[C@H](C)[C@H](NC(=O)C=CC(C)OC(C)=O)C[C@@H]1C. The first-order valence-corrected chi connectivity index (χ1v) is 8.83. The zero-order valence-corrected chi connectivity index (χ0v) is 16.0. The third kappa shape index (κ3) is 7.69. The quantitative estimate of drug-likeness (QED) is 0.435. The van der Waals surface area contributed by atoms with Crippen molar-refractivity contribution >= 4 is 11.9 Å². The second-order valence-electron chi connectivity index (χ2n) is 6.77. The van der Waals surface area contributed by atoms with Gasteiger partial charge in [0.1, 0.15) is 6.10 Å². The summed E-state index contributed by atoms with van der Waals surface area (Å²) < 4.78 is 11.1. The number of amides is 1. The molecule has 0 aromatic heterocycles. The highest BCUT2D eigenvalue weighted by Crippen LogP contribution is 2.27. The van der Waals surface area contributed by atoms with Gasteiger partial charge in [0.05, 0.1) is 18.2 Å². The smallest absolute Gasteiger partial charge is 0.303 e. The Bertz CT molecular complexity index is 538. The molecule has 0 saturated carbocycles. The Hall–Kier alpha value is -1.88. The van der Waals surface area contributed by atoms with Gasteiger partial charge in [0, 0.05) is 13.0 Å². The summed E-state index contributed by atoms with van der Waals surface area (Å²) >= 11 is 0.